The van der Waals surface area contributed by atoms with Crippen LogP contribution in [0.1, 0.15) is 4.79 Å². The van der Waals surface area contributed by atoms with Gasteiger partial charge in [-0.25, -0.2) is 14.2 Å². The molecule has 0 saturated heterocycles. The van der Waals surface area contributed by atoms with Crippen LogP contribution in [0.2, 0.25) is 0 Å². The number of aliphatic hydroxyl groups is 3. The fraction of sp³-hybridized carbons (Fsp3) is 0.571. The number of nitrogens with one attached hydrogen (secondary N) is 1. The van der Waals surface area contributed by atoms with Crippen molar-refractivity contribution in [3.63, 3.8) is 0 Å². The number of carbonyl (C=O) groups excluding carboxylic acids is 2. The van der Waals surface area contributed by atoms with Crippen molar-refractivity contribution in [3.8, 4) is 0 Å². The largest absolute Gasteiger partial charge is 0.448 e. The Hall–Kier alpha value is -2.48. The molecular formula is C14H20F2N4O7. The summed E-state index contributed by atoms with van der Waals surface area (Å²) in [4.78, 5) is 40.1. The quantitative estimate of drug-likeness (QED) is 0.406. The van der Waals surface area contributed by atoms with Gasteiger partial charge in [0.2, 0.25) is 0 Å². The van der Waals surface area contributed by atoms with E-state index in [4.69, 9.17) is 14.9 Å². The summed E-state index contributed by atoms with van der Waals surface area (Å²) < 4.78 is 32.4. The van der Waals surface area contributed by atoms with Crippen molar-refractivity contribution in [2.24, 2.45) is 0 Å². The van der Waals surface area contributed by atoms with E-state index >= 15 is 0 Å². The molecule has 0 aliphatic heterocycles. The summed E-state index contributed by atoms with van der Waals surface area (Å²) in [6, 6.07) is 0.886. The molecule has 0 unspecified atom stereocenters. The molecule has 13 heteroatoms. The van der Waals surface area contributed by atoms with Gasteiger partial charge in [0.1, 0.15) is 18.5 Å². The monoisotopic (exact) mass is 394 g/mol. The van der Waals surface area contributed by atoms with Crippen molar-refractivity contribution in [2.45, 2.75) is 18.1 Å². The number of rotatable bonds is 8. The third-order valence-corrected chi connectivity index (χ3v) is 3.23. The molecule has 152 valence electrons. The number of amides is 1. The van der Waals surface area contributed by atoms with E-state index in [-0.39, 0.29) is 17.0 Å². The number of aromatic nitrogens is 2. The van der Waals surface area contributed by atoms with Crippen molar-refractivity contribution in [3.05, 3.63) is 22.7 Å². The molecule has 0 fully saturated rings. The summed E-state index contributed by atoms with van der Waals surface area (Å²) in [6.07, 6.45) is -5.57. The minimum Gasteiger partial charge on any atom is -0.448 e. The zero-order chi connectivity index (χ0) is 20.8. The second-order valence-electron chi connectivity index (χ2n) is 5.65. The van der Waals surface area contributed by atoms with E-state index < -0.39 is 42.4 Å². The highest BCUT2D eigenvalue weighted by Gasteiger charge is 2.50. The number of carbonyl (C=O) groups is 2. The number of hydrogen-bond donors (Lipinski definition) is 4. The lowest BCUT2D eigenvalue weighted by Gasteiger charge is -2.24. The molecule has 0 aliphatic rings. The molecule has 4 N–H and O–H groups in total. The third kappa shape index (κ3) is 6.02. The second kappa shape index (κ2) is 9.45. The van der Waals surface area contributed by atoms with Gasteiger partial charge in [-0.05, 0) is 20.2 Å². The average molecular weight is 394 g/mol. The standard InChI is InChI=1S/C14H20F2N4O7/c1-19(2)5-6-27-13(26)18-9-3-4-20(12(25)17-9)11(24)14(15,16)10(23)8(22)7-21/h3-4,8,10,21-23H,5-7H2,1-2H3,(H,17,18,25,26)/t8-,10-/m1/s1. The van der Waals surface area contributed by atoms with Crippen molar-refractivity contribution in [2.75, 3.05) is 39.2 Å². The van der Waals surface area contributed by atoms with Gasteiger partial charge in [0, 0.05) is 12.7 Å². The van der Waals surface area contributed by atoms with Gasteiger partial charge in [0.25, 0.3) is 0 Å². The van der Waals surface area contributed by atoms with Crippen molar-refractivity contribution < 1.29 is 38.4 Å². The van der Waals surface area contributed by atoms with E-state index in [9.17, 15) is 28.3 Å². The van der Waals surface area contributed by atoms with Crippen LogP contribution in [0, 0.1) is 0 Å². The van der Waals surface area contributed by atoms with Gasteiger partial charge < -0.3 is 25.0 Å². The number of aliphatic hydroxyl groups excluding tert-OH is 3. The number of alkyl halides is 2. The normalized spacial score (nSPS) is 13.9. The first-order valence-electron chi connectivity index (χ1n) is 7.58. The number of anilines is 1. The van der Waals surface area contributed by atoms with E-state index in [0.717, 1.165) is 6.07 Å². The van der Waals surface area contributed by atoms with E-state index in [0.29, 0.717) is 12.7 Å². The number of hydrogen-bond acceptors (Lipinski definition) is 9. The topological polar surface area (TPSA) is 154 Å². The van der Waals surface area contributed by atoms with Crippen LogP contribution >= 0.6 is 0 Å². The first kappa shape index (κ1) is 22.6. The van der Waals surface area contributed by atoms with Crippen molar-refractivity contribution in [1.29, 1.82) is 0 Å². The van der Waals surface area contributed by atoms with Gasteiger partial charge in [-0.1, -0.05) is 0 Å². The maximum Gasteiger partial charge on any atom is 0.412 e. The molecular weight excluding hydrogens is 374 g/mol. The predicted octanol–water partition coefficient (Wildman–Crippen LogP) is -1.66. The fourth-order valence-electron chi connectivity index (χ4n) is 1.72. The minimum atomic E-state index is -4.58. The number of nitrogens with zero attached hydrogens (tertiary/aromatic N) is 3. The molecule has 1 rings (SSSR count). The first-order chi connectivity index (χ1) is 12.5. The molecule has 0 bridgehead atoms. The van der Waals surface area contributed by atoms with Crippen LogP contribution in [0.15, 0.2) is 17.1 Å². The van der Waals surface area contributed by atoms with Gasteiger partial charge in [-0.3, -0.25) is 10.1 Å². The molecule has 1 aromatic rings. The van der Waals surface area contributed by atoms with E-state index in [2.05, 4.69) is 10.3 Å². The third-order valence-electron chi connectivity index (χ3n) is 3.23. The lowest BCUT2D eigenvalue weighted by Crippen LogP contribution is -2.53. The highest BCUT2D eigenvalue weighted by molar-refractivity contribution is 5.87. The van der Waals surface area contributed by atoms with Crippen LogP contribution < -0.4 is 11.0 Å². The zero-order valence-corrected chi connectivity index (χ0v) is 14.5. The lowest BCUT2D eigenvalue weighted by atomic mass is 10.1. The summed E-state index contributed by atoms with van der Waals surface area (Å²) in [5, 5.41) is 29.0. The number of likely N-dealkylation sites (N-methyl/N-ethyl adjacent to an activating group) is 1. The molecule has 1 heterocycles. The molecule has 1 amide bonds. The van der Waals surface area contributed by atoms with E-state index in [1.165, 1.54) is 0 Å². The maximum atomic E-state index is 13.9. The van der Waals surface area contributed by atoms with Crippen molar-refractivity contribution >= 4 is 17.8 Å². The SMILES string of the molecule is CN(C)CCOC(=O)Nc1ccn(C(=O)C(F)(F)[C@H](O)[C@H](O)CO)c(=O)n1. The van der Waals surface area contributed by atoms with Crippen LogP contribution in [0.25, 0.3) is 0 Å². The Morgan fingerprint density at radius 3 is 2.56 bits per heavy atom. The summed E-state index contributed by atoms with van der Waals surface area (Å²) in [7, 11) is 3.51. The van der Waals surface area contributed by atoms with Gasteiger partial charge in [-0.2, -0.15) is 13.8 Å². The molecule has 11 nitrogen and oxygen atoms in total. The molecule has 1 aromatic heterocycles. The smallest absolute Gasteiger partial charge is 0.412 e. The molecule has 2 atom stereocenters. The Kier molecular flexibility index (Phi) is 7.90. The molecule has 0 aliphatic carbocycles. The van der Waals surface area contributed by atoms with Crippen LogP contribution in [0.5, 0.6) is 0 Å². The van der Waals surface area contributed by atoms with Gasteiger partial charge in [0.15, 0.2) is 6.10 Å². The number of ether oxygens (including phenoxy) is 1. The Bertz CT molecular complexity index is 726. The van der Waals surface area contributed by atoms with Gasteiger partial charge in [-0.15, -0.1) is 0 Å². The Balaban J connectivity index is 2.87. The van der Waals surface area contributed by atoms with Gasteiger partial charge >= 0.3 is 23.6 Å². The molecule has 27 heavy (non-hydrogen) atoms. The maximum absolute atomic E-state index is 13.9. The summed E-state index contributed by atoms with van der Waals surface area (Å²) in [5.41, 5.74) is -1.46. The lowest BCUT2D eigenvalue weighted by molar-refractivity contribution is -0.136. The highest BCUT2D eigenvalue weighted by Crippen LogP contribution is 2.23. The number of halogens is 2. The highest BCUT2D eigenvalue weighted by atomic mass is 19.3. The summed E-state index contributed by atoms with van der Waals surface area (Å²) in [5.74, 6) is -7.09. The van der Waals surface area contributed by atoms with Crippen LogP contribution in [0.4, 0.5) is 19.4 Å². The Morgan fingerprint density at radius 2 is 2.04 bits per heavy atom. The zero-order valence-electron chi connectivity index (χ0n) is 14.5. The molecule has 0 spiro atoms. The fourth-order valence-corrected chi connectivity index (χ4v) is 1.72. The van der Waals surface area contributed by atoms with Crippen LogP contribution in [-0.2, 0) is 4.74 Å². The Labute approximate surface area is 151 Å². The predicted molar refractivity (Wildman–Crippen MR) is 86.7 cm³/mol. The van der Waals surface area contributed by atoms with E-state index in [1.807, 2.05) is 0 Å². The molecule has 0 saturated carbocycles. The average Bonchev–Trinajstić information content (AvgIpc) is 2.59. The van der Waals surface area contributed by atoms with Crippen molar-refractivity contribution in [1.82, 2.24) is 14.5 Å². The molecule has 0 radical (unpaired) electrons. The van der Waals surface area contributed by atoms with E-state index in [1.54, 1.807) is 19.0 Å². The van der Waals surface area contributed by atoms with Crippen LogP contribution in [-0.4, -0.2) is 93.8 Å². The minimum absolute atomic E-state index is 0.0473. The Morgan fingerprint density at radius 1 is 1.41 bits per heavy atom. The summed E-state index contributed by atoms with van der Waals surface area (Å²) >= 11 is 0. The molecule has 0 aromatic carbocycles. The first-order valence-corrected chi connectivity index (χ1v) is 7.58. The van der Waals surface area contributed by atoms with Crippen LogP contribution in [0.3, 0.4) is 0 Å². The summed E-state index contributed by atoms with van der Waals surface area (Å²) in [6.45, 7) is -0.740. The van der Waals surface area contributed by atoms with Gasteiger partial charge in [0.05, 0.1) is 6.61 Å². The second-order valence-corrected chi connectivity index (χ2v) is 5.65.